The van der Waals surface area contributed by atoms with Crippen molar-refractivity contribution in [3.63, 3.8) is 0 Å². The molecule has 2 saturated heterocycles. The summed E-state index contributed by atoms with van der Waals surface area (Å²) < 4.78 is 0. The monoisotopic (exact) mass is 260 g/mol. The van der Waals surface area contributed by atoms with Crippen molar-refractivity contribution in [2.75, 3.05) is 0 Å². The van der Waals surface area contributed by atoms with Gasteiger partial charge in [-0.15, -0.1) is 0 Å². The highest BCUT2D eigenvalue weighted by molar-refractivity contribution is 5.80. The van der Waals surface area contributed by atoms with Crippen LogP contribution in [0, 0.1) is 5.92 Å². The smallest absolute Gasteiger partial charge is 0.226 e. The number of carbonyl (C=O) groups excluding carboxylic acids is 1. The summed E-state index contributed by atoms with van der Waals surface area (Å²) in [5.74, 6) is 0.771. The summed E-state index contributed by atoms with van der Waals surface area (Å²) in [6, 6.07) is 1.25. The van der Waals surface area contributed by atoms with Crippen molar-refractivity contribution < 1.29 is 4.79 Å². The third-order valence-electron chi connectivity index (χ3n) is 5.18. The second-order valence-electron chi connectivity index (χ2n) is 6.23. The topological polar surface area (TPSA) is 51.0 Å². The molecule has 0 unspecified atom stereocenters. The Morgan fingerprint density at radius 2 is 1.58 bits per heavy atom. The Bertz CT molecular complexity index is 454. The van der Waals surface area contributed by atoms with Crippen LogP contribution in [-0.2, 0) is 4.79 Å². The molecule has 5 nitrogen and oxygen atoms in total. The van der Waals surface area contributed by atoms with Crippen LogP contribution < -0.4 is 0 Å². The number of amides is 1. The van der Waals surface area contributed by atoms with Gasteiger partial charge in [0.15, 0.2) is 0 Å². The lowest BCUT2D eigenvalue weighted by molar-refractivity contribution is -0.143. The average molecular weight is 260 g/mol. The number of hydrogen-bond donors (Lipinski definition) is 0. The molecule has 2 aliphatic heterocycles. The molecule has 0 radical (unpaired) electrons. The number of piperidine rings is 1. The van der Waals surface area contributed by atoms with Crippen LogP contribution in [0.2, 0.25) is 0 Å². The summed E-state index contributed by atoms with van der Waals surface area (Å²) in [5, 5.41) is 8.54. The SMILES string of the molecule is O=C(C1CCC1)N1[C@H]2CC[C@H]1CC(n1nccn1)C2. The fourth-order valence-corrected chi connectivity index (χ4v) is 3.98. The second-order valence-corrected chi connectivity index (χ2v) is 6.23. The van der Waals surface area contributed by atoms with Crippen molar-refractivity contribution in [1.82, 2.24) is 19.9 Å². The standard InChI is InChI=1S/C14H20N4O/c19-14(10-2-1-3-10)17-11-4-5-12(17)9-13(8-11)18-15-6-7-16-18/h6-7,10-13H,1-5,8-9H2/t11-,12-/m0/s1. The summed E-state index contributed by atoms with van der Waals surface area (Å²) in [7, 11) is 0. The van der Waals surface area contributed by atoms with E-state index in [1.165, 1.54) is 19.3 Å². The first-order chi connectivity index (χ1) is 9.33. The molecule has 3 fully saturated rings. The molecule has 1 aliphatic carbocycles. The first kappa shape index (κ1) is 11.4. The Kier molecular flexibility index (Phi) is 2.60. The van der Waals surface area contributed by atoms with Crippen molar-refractivity contribution in [2.45, 2.75) is 63.1 Å². The van der Waals surface area contributed by atoms with E-state index in [4.69, 9.17) is 0 Å². The van der Waals surface area contributed by atoms with Gasteiger partial charge in [-0.2, -0.15) is 15.0 Å². The van der Waals surface area contributed by atoms with Gasteiger partial charge in [0.05, 0.1) is 18.4 Å². The first-order valence-corrected chi connectivity index (χ1v) is 7.51. The van der Waals surface area contributed by atoms with E-state index in [-0.39, 0.29) is 0 Å². The predicted molar refractivity (Wildman–Crippen MR) is 69.3 cm³/mol. The van der Waals surface area contributed by atoms with Crippen molar-refractivity contribution >= 4 is 5.91 Å². The normalized spacial score (nSPS) is 34.3. The summed E-state index contributed by atoms with van der Waals surface area (Å²) in [4.78, 5) is 16.6. The van der Waals surface area contributed by atoms with E-state index in [1.807, 2.05) is 4.80 Å². The average Bonchev–Trinajstić information content (AvgIpc) is 2.94. The number of fused-ring (bicyclic) bond motifs is 2. The van der Waals surface area contributed by atoms with Crippen molar-refractivity contribution in [1.29, 1.82) is 0 Å². The molecule has 1 aromatic rings. The molecule has 5 heteroatoms. The van der Waals surface area contributed by atoms with Gasteiger partial charge in [0.2, 0.25) is 5.91 Å². The van der Waals surface area contributed by atoms with Gasteiger partial charge < -0.3 is 4.90 Å². The molecular weight excluding hydrogens is 240 g/mol. The molecule has 0 spiro atoms. The molecule has 3 aliphatic rings. The van der Waals surface area contributed by atoms with E-state index in [1.54, 1.807) is 12.4 Å². The maximum atomic E-state index is 12.5. The van der Waals surface area contributed by atoms with Crippen molar-refractivity contribution in [2.24, 2.45) is 5.92 Å². The zero-order valence-electron chi connectivity index (χ0n) is 11.1. The Morgan fingerprint density at radius 1 is 0.947 bits per heavy atom. The molecule has 102 valence electrons. The van der Waals surface area contributed by atoms with Crippen molar-refractivity contribution in [3.8, 4) is 0 Å². The molecule has 0 N–H and O–H groups in total. The maximum Gasteiger partial charge on any atom is 0.226 e. The van der Waals surface area contributed by atoms with Crippen LogP contribution in [0.1, 0.15) is 51.0 Å². The quantitative estimate of drug-likeness (QED) is 0.814. The molecule has 3 heterocycles. The lowest BCUT2D eigenvalue weighted by Gasteiger charge is -2.41. The highest BCUT2D eigenvalue weighted by atomic mass is 16.2. The van der Waals surface area contributed by atoms with Gasteiger partial charge in [-0.25, -0.2) is 0 Å². The summed E-state index contributed by atoms with van der Waals surface area (Å²) >= 11 is 0. The Labute approximate surface area is 113 Å². The van der Waals surface area contributed by atoms with Gasteiger partial charge >= 0.3 is 0 Å². The van der Waals surface area contributed by atoms with Gasteiger partial charge in [0, 0.05) is 18.0 Å². The lowest BCUT2D eigenvalue weighted by atomic mass is 9.83. The molecular formula is C14H20N4O. The maximum absolute atomic E-state index is 12.5. The highest BCUT2D eigenvalue weighted by Gasteiger charge is 2.46. The Hall–Kier alpha value is -1.39. The molecule has 0 aromatic carbocycles. The summed E-state index contributed by atoms with van der Waals surface area (Å²) in [6.07, 6.45) is 11.3. The zero-order chi connectivity index (χ0) is 12.8. The van der Waals surface area contributed by atoms with Crippen LogP contribution in [0.5, 0.6) is 0 Å². The fourth-order valence-electron chi connectivity index (χ4n) is 3.98. The van der Waals surface area contributed by atoms with Crippen LogP contribution in [0.3, 0.4) is 0 Å². The van der Waals surface area contributed by atoms with E-state index in [0.29, 0.717) is 30.0 Å². The third-order valence-corrected chi connectivity index (χ3v) is 5.18. The zero-order valence-corrected chi connectivity index (χ0v) is 11.1. The fraction of sp³-hybridized carbons (Fsp3) is 0.786. The molecule has 1 amide bonds. The van der Waals surface area contributed by atoms with E-state index in [2.05, 4.69) is 15.1 Å². The highest BCUT2D eigenvalue weighted by Crippen LogP contribution is 2.42. The van der Waals surface area contributed by atoms with Crippen LogP contribution in [0.25, 0.3) is 0 Å². The molecule has 19 heavy (non-hydrogen) atoms. The number of rotatable bonds is 2. The molecule has 4 rings (SSSR count). The van der Waals surface area contributed by atoms with Gasteiger partial charge in [-0.1, -0.05) is 6.42 Å². The van der Waals surface area contributed by atoms with Crippen molar-refractivity contribution in [3.05, 3.63) is 12.4 Å². The van der Waals surface area contributed by atoms with E-state index in [9.17, 15) is 4.79 Å². The number of nitrogens with zero attached hydrogens (tertiary/aromatic N) is 4. The number of aromatic nitrogens is 3. The lowest BCUT2D eigenvalue weighted by Crippen LogP contribution is -2.50. The molecule has 2 bridgehead atoms. The van der Waals surface area contributed by atoms with Crippen LogP contribution in [0.4, 0.5) is 0 Å². The minimum atomic E-state index is 0.336. The molecule has 1 aromatic heterocycles. The van der Waals surface area contributed by atoms with Crippen LogP contribution in [0.15, 0.2) is 12.4 Å². The van der Waals surface area contributed by atoms with Gasteiger partial charge in [-0.05, 0) is 38.5 Å². The Morgan fingerprint density at radius 3 is 2.11 bits per heavy atom. The number of hydrogen-bond acceptors (Lipinski definition) is 3. The van der Waals surface area contributed by atoms with Gasteiger partial charge in [0.1, 0.15) is 0 Å². The summed E-state index contributed by atoms with van der Waals surface area (Å²) in [6.45, 7) is 0. The van der Waals surface area contributed by atoms with Gasteiger partial charge in [-0.3, -0.25) is 4.79 Å². The third kappa shape index (κ3) is 1.78. The minimum Gasteiger partial charge on any atom is -0.336 e. The van der Waals surface area contributed by atoms with E-state index < -0.39 is 0 Å². The van der Waals surface area contributed by atoms with Crippen LogP contribution in [-0.4, -0.2) is 37.9 Å². The first-order valence-electron chi connectivity index (χ1n) is 7.51. The number of carbonyl (C=O) groups is 1. The minimum absolute atomic E-state index is 0.336. The molecule has 2 atom stereocenters. The largest absolute Gasteiger partial charge is 0.336 e. The predicted octanol–water partition coefficient (Wildman–Crippen LogP) is 1.77. The second kappa shape index (κ2) is 4.32. The summed E-state index contributed by atoms with van der Waals surface area (Å²) in [5.41, 5.74) is 0. The van der Waals surface area contributed by atoms with E-state index >= 15 is 0 Å². The molecule has 1 saturated carbocycles. The van der Waals surface area contributed by atoms with E-state index in [0.717, 1.165) is 25.7 Å². The van der Waals surface area contributed by atoms with Gasteiger partial charge in [0.25, 0.3) is 0 Å². The Balaban J connectivity index is 1.51. The van der Waals surface area contributed by atoms with Crippen LogP contribution >= 0.6 is 0 Å².